The average molecular weight is 323 g/mol. The molecule has 0 aliphatic carbocycles. The molecular formula is C16H25N3O4. The summed E-state index contributed by atoms with van der Waals surface area (Å²) in [6.07, 6.45) is -0.208. The number of hydrogen-bond donors (Lipinski definition) is 2. The van der Waals surface area contributed by atoms with Gasteiger partial charge in [-0.25, -0.2) is 10.6 Å². The molecule has 1 rings (SSSR count). The molecule has 0 radical (unpaired) electrons. The van der Waals surface area contributed by atoms with Crippen LogP contribution in [0.5, 0.6) is 5.75 Å². The molecule has 0 saturated heterocycles. The van der Waals surface area contributed by atoms with Gasteiger partial charge in [0.05, 0.1) is 13.0 Å². The van der Waals surface area contributed by atoms with Crippen LogP contribution in [0, 0.1) is 0 Å². The van der Waals surface area contributed by atoms with Gasteiger partial charge in [0.1, 0.15) is 18.0 Å². The van der Waals surface area contributed by atoms with Gasteiger partial charge in [0, 0.05) is 7.05 Å². The van der Waals surface area contributed by atoms with Gasteiger partial charge in [-0.3, -0.25) is 10.2 Å². The number of amides is 2. The number of benzene rings is 1. The summed E-state index contributed by atoms with van der Waals surface area (Å²) in [5.74, 6) is 5.42. The molecule has 0 heterocycles. The standard InChI is InChI=1S/C16H25N3O4/c1-16(2,3)23-15(21)19(4)8-9-22-13-7-5-6-12(10-13)11-14(20)18-17/h5-7,10H,8-9,11,17H2,1-4H3,(H,18,20). The number of hydrazine groups is 1. The first-order chi connectivity index (χ1) is 10.7. The molecule has 0 aromatic heterocycles. The van der Waals surface area contributed by atoms with E-state index in [2.05, 4.69) is 5.43 Å². The molecule has 2 amide bonds. The molecule has 0 bridgehead atoms. The van der Waals surface area contributed by atoms with E-state index in [0.717, 1.165) is 5.56 Å². The molecule has 0 aliphatic heterocycles. The fraction of sp³-hybridized carbons (Fsp3) is 0.500. The third-order valence-corrected chi connectivity index (χ3v) is 2.82. The minimum absolute atomic E-state index is 0.186. The molecule has 7 heteroatoms. The molecule has 0 unspecified atom stereocenters. The van der Waals surface area contributed by atoms with Crippen LogP contribution in [0.1, 0.15) is 26.3 Å². The van der Waals surface area contributed by atoms with Crippen LogP contribution in [-0.2, 0) is 16.0 Å². The summed E-state index contributed by atoms with van der Waals surface area (Å²) >= 11 is 0. The second kappa shape index (κ2) is 8.38. The van der Waals surface area contributed by atoms with E-state index in [0.29, 0.717) is 18.9 Å². The Labute approximate surface area is 136 Å². The molecule has 0 saturated carbocycles. The third kappa shape index (κ3) is 7.51. The fourth-order valence-corrected chi connectivity index (χ4v) is 1.71. The van der Waals surface area contributed by atoms with E-state index in [1.165, 1.54) is 4.90 Å². The summed E-state index contributed by atoms with van der Waals surface area (Å²) in [5.41, 5.74) is 2.36. The van der Waals surface area contributed by atoms with E-state index in [4.69, 9.17) is 15.3 Å². The van der Waals surface area contributed by atoms with Crippen molar-refractivity contribution in [2.24, 2.45) is 5.84 Å². The fourth-order valence-electron chi connectivity index (χ4n) is 1.71. The summed E-state index contributed by atoms with van der Waals surface area (Å²) in [7, 11) is 1.65. The maximum Gasteiger partial charge on any atom is 0.410 e. The zero-order valence-corrected chi connectivity index (χ0v) is 14.1. The number of rotatable bonds is 6. The Morgan fingerprint density at radius 2 is 2.00 bits per heavy atom. The molecular weight excluding hydrogens is 298 g/mol. The minimum Gasteiger partial charge on any atom is -0.492 e. The van der Waals surface area contributed by atoms with Crippen molar-refractivity contribution >= 4 is 12.0 Å². The van der Waals surface area contributed by atoms with Crippen LogP contribution in [0.15, 0.2) is 24.3 Å². The van der Waals surface area contributed by atoms with E-state index in [-0.39, 0.29) is 12.3 Å². The van der Waals surface area contributed by atoms with Gasteiger partial charge >= 0.3 is 6.09 Å². The summed E-state index contributed by atoms with van der Waals surface area (Å²) in [5, 5.41) is 0. The zero-order valence-electron chi connectivity index (χ0n) is 14.1. The molecule has 3 N–H and O–H groups in total. The van der Waals surface area contributed by atoms with Crippen LogP contribution in [-0.4, -0.2) is 42.7 Å². The van der Waals surface area contributed by atoms with Crippen molar-refractivity contribution in [1.82, 2.24) is 10.3 Å². The van der Waals surface area contributed by atoms with Crippen LogP contribution in [0.4, 0.5) is 4.79 Å². The Morgan fingerprint density at radius 3 is 2.61 bits per heavy atom. The largest absolute Gasteiger partial charge is 0.492 e. The lowest BCUT2D eigenvalue weighted by molar-refractivity contribution is -0.120. The first-order valence-corrected chi connectivity index (χ1v) is 7.36. The van der Waals surface area contributed by atoms with E-state index in [1.807, 2.05) is 26.8 Å². The molecule has 7 nitrogen and oxygen atoms in total. The van der Waals surface area contributed by atoms with Crippen LogP contribution < -0.4 is 16.0 Å². The topological polar surface area (TPSA) is 93.9 Å². The summed E-state index contributed by atoms with van der Waals surface area (Å²) in [6, 6.07) is 7.17. The Bertz CT molecular complexity index is 540. The molecule has 23 heavy (non-hydrogen) atoms. The maximum absolute atomic E-state index is 11.8. The predicted molar refractivity (Wildman–Crippen MR) is 86.8 cm³/mol. The third-order valence-electron chi connectivity index (χ3n) is 2.82. The van der Waals surface area contributed by atoms with Gasteiger partial charge in [-0.2, -0.15) is 0 Å². The molecule has 0 atom stereocenters. The first-order valence-electron chi connectivity index (χ1n) is 7.36. The van der Waals surface area contributed by atoms with Crippen molar-refractivity contribution in [1.29, 1.82) is 0 Å². The monoisotopic (exact) mass is 323 g/mol. The predicted octanol–water partition coefficient (Wildman–Crippen LogP) is 1.46. The van der Waals surface area contributed by atoms with E-state index >= 15 is 0 Å². The number of ether oxygens (including phenoxy) is 2. The number of hydrogen-bond acceptors (Lipinski definition) is 5. The van der Waals surface area contributed by atoms with Crippen molar-refractivity contribution in [2.45, 2.75) is 32.8 Å². The van der Waals surface area contributed by atoms with Crippen molar-refractivity contribution < 1.29 is 19.1 Å². The molecule has 0 spiro atoms. The van der Waals surface area contributed by atoms with Gasteiger partial charge in [-0.05, 0) is 38.5 Å². The SMILES string of the molecule is CN(CCOc1cccc(CC(=O)NN)c1)C(=O)OC(C)(C)C. The molecule has 1 aromatic rings. The van der Waals surface area contributed by atoms with Crippen molar-refractivity contribution in [3.63, 3.8) is 0 Å². The minimum atomic E-state index is -0.524. The number of nitrogens with one attached hydrogen (secondary N) is 1. The number of nitrogens with zero attached hydrogens (tertiary/aromatic N) is 1. The molecule has 0 aliphatic rings. The maximum atomic E-state index is 11.8. The smallest absolute Gasteiger partial charge is 0.410 e. The lowest BCUT2D eigenvalue weighted by atomic mass is 10.1. The van der Waals surface area contributed by atoms with E-state index in [9.17, 15) is 9.59 Å². The Morgan fingerprint density at radius 1 is 1.30 bits per heavy atom. The normalized spacial score (nSPS) is 10.8. The van der Waals surface area contributed by atoms with Crippen molar-refractivity contribution in [3.8, 4) is 5.75 Å². The van der Waals surface area contributed by atoms with Gasteiger partial charge in [0.15, 0.2) is 0 Å². The lowest BCUT2D eigenvalue weighted by Crippen LogP contribution is -2.36. The zero-order chi connectivity index (χ0) is 17.5. The summed E-state index contributed by atoms with van der Waals surface area (Å²) in [4.78, 5) is 24.5. The second-order valence-electron chi connectivity index (χ2n) is 6.14. The van der Waals surface area contributed by atoms with Crippen LogP contribution in [0.25, 0.3) is 0 Å². The highest BCUT2D eigenvalue weighted by Gasteiger charge is 2.19. The van der Waals surface area contributed by atoms with Gasteiger partial charge in [0.25, 0.3) is 0 Å². The van der Waals surface area contributed by atoms with Gasteiger partial charge < -0.3 is 14.4 Å². The molecule has 0 fully saturated rings. The van der Waals surface area contributed by atoms with Crippen LogP contribution in [0.3, 0.4) is 0 Å². The Kier molecular flexibility index (Phi) is 6.84. The number of carbonyl (C=O) groups excluding carboxylic acids is 2. The highest BCUT2D eigenvalue weighted by molar-refractivity contribution is 5.77. The average Bonchev–Trinajstić information content (AvgIpc) is 2.45. The van der Waals surface area contributed by atoms with Crippen LogP contribution in [0.2, 0.25) is 0 Å². The van der Waals surface area contributed by atoms with E-state index < -0.39 is 11.7 Å². The number of carbonyl (C=O) groups is 2. The number of likely N-dealkylation sites (N-methyl/N-ethyl adjacent to an activating group) is 1. The van der Waals surface area contributed by atoms with Gasteiger partial charge in [0.2, 0.25) is 5.91 Å². The summed E-state index contributed by atoms with van der Waals surface area (Å²) < 4.78 is 10.9. The highest BCUT2D eigenvalue weighted by Crippen LogP contribution is 2.14. The van der Waals surface area contributed by atoms with Crippen LogP contribution >= 0.6 is 0 Å². The van der Waals surface area contributed by atoms with E-state index in [1.54, 1.807) is 25.2 Å². The van der Waals surface area contributed by atoms with Crippen molar-refractivity contribution in [2.75, 3.05) is 20.2 Å². The highest BCUT2D eigenvalue weighted by atomic mass is 16.6. The van der Waals surface area contributed by atoms with Gasteiger partial charge in [-0.15, -0.1) is 0 Å². The first kappa shape index (κ1) is 18.8. The van der Waals surface area contributed by atoms with Gasteiger partial charge in [-0.1, -0.05) is 12.1 Å². The second-order valence-corrected chi connectivity index (χ2v) is 6.14. The Hall–Kier alpha value is -2.28. The summed E-state index contributed by atoms with van der Waals surface area (Å²) in [6.45, 7) is 6.17. The molecule has 1 aromatic carbocycles. The lowest BCUT2D eigenvalue weighted by Gasteiger charge is -2.24. The quantitative estimate of drug-likeness (QED) is 0.470. The van der Waals surface area contributed by atoms with Crippen molar-refractivity contribution in [3.05, 3.63) is 29.8 Å². The number of nitrogens with two attached hydrogens (primary N) is 1. The Balaban J connectivity index is 2.45. The molecule has 128 valence electrons.